The van der Waals surface area contributed by atoms with Crippen LogP contribution in [-0.2, 0) is 23.9 Å². The molecule has 0 bridgehead atoms. The van der Waals surface area contributed by atoms with E-state index in [2.05, 4.69) is 21.1 Å². The van der Waals surface area contributed by atoms with Gasteiger partial charge in [0.05, 0.1) is 37.6 Å². The van der Waals surface area contributed by atoms with Gasteiger partial charge < -0.3 is 14.8 Å². The Balaban J connectivity index is 1.71. The van der Waals surface area contributed by atoms with E-state index >= 15 is 0 Å². The average Bonchev–Trinajstić information content (AvgIpc) is 3.31. The van der Waals surface area contributed by atoms with Gasteiger partial charge in [0.25, 0.3) is 0 Å². The van der Waals surface area contributed by atoms with Crippen molar-refractivity contribution in [1.82, 2.24) is 21.1 Å². The second-order valence-corrected chi connectivity index (χ2v) is 10.3. The zero-order valence-electron chi connectivity index (χ0n) is 18.6. The van der Waals surface area contributed by atoms with Gasteiger partial charge in [-0.05, 0) is 48.2 Å². The molecule has 4 unspecified atom stereocenters. The van der Waals surface area contributed by atoms with Crippen LogP contribution < -0.4 is 16.1 Å². The van der Waals surface area contributed by atoms with Crippen LogP contribution in [0, 0.1) is 5.92 Å². The number of ether oxygens (including phenoxy) is 2. The van der Waals surface area contributed by atoms with Gasteiger partial charge >= 0.3 is 11.9 Å². The van der Waals surface area contributed by atoms with Crippen LogP contribution in [0.5, 0.6) is 0 Å². The molecule has 176 valence electrons. The summed E-state index contributed by atoms with van der Waals surface area (Å²) < 4.78 is 9.96. The highest BCUT2D eigenvalue weighted by Crippen LogP contribution is 2.45. The second kappa shape index (κ2) is 9.37. The lowest BCUT2D eigenvalue weighted by molar-refractivity contribution is -0.160. The topological polar surface area (TPSA) is 121 Å². The molecule has 3 heterocycles. The van der Waals surface area contributed by atoms with E-state index in [9.17, 15) is 14.4 Å². The van der Waals surface area contributed by atoms with E-state index in [1.54, 1.807) is 11.8 Å². The molecule has 1 amide bonds. The summed E-state index contributed by atoms with van der Waals surface area (Å²) in [4.78, 5) is 42.6. The summed E-state index contributed by atoms with van der Waals surface area (Å²) in [5, 5.41) is 7.96. The molecule has 4 rings (SSSR count). The van der Waals surface area contributed by atoms with Crippen LogP contribution in [0.25, 0.3) is 0 Å². The van der Waals surface area contributed by atoms with E-state index in [4.69, 9.17) is 9.47 Å². The molecular formula is C21H25N5O5S2. The number of para-hydroxylation sites is 1. The van der Waals surface area contributed by atoms with Gasteiger partial charge in [-0.15, -0.1) is 11.8 Å². The Hall–Kier alpha value is -2.54. The predicted octanol–water partition coefficient (Wildman–Crippen LogP) is 1.65. The first-order valence-electron chi connectivity index (χ1n) is 10.2. The molecule has 0 spiro atoms. The van der Waals surface area contributed by atoms with Crippen molar-refractivity contribution in [3.63, 3.8) is 0 Å². The Labute approximate surface area is 199 Å². The standard InChI is InChI=1S/C21H25N5O5S2/c1-11-12(2)32-17-15(11)16(28)23-19(24-17)26-21(18(29)31-4,10-14(27)30-3)33-20(25-26)22-13-8-6-5-7-9-13/h5-9,15,17,19,24H,10H2,1-4H3,(H,22,25)(H,23,28). The molecule has 1 aromatic carbocycles. The van der Waals surface area contributed by atoms with Gasteiger partial charge in [-0.3, -0.25) is 20.3 Å². The van der Waals surface area contributed by atoms with Gasteiger partial charge in [0, 0.05) is 0 Å². The first-order valence-corrected chi connectivity index (χ1v) is 11.9. The SMILES string of the molecule is COC(=O)CC1(C(=O)OC)SC(=Nc2ccccc2)NN1C1NC(=O)C2C(C)=C(C)SC2N1. The van der Waals surface area contributed by atoms with Gasteiger partial charge in [0.15, 0.2) is 11.5 Å². The zero-order chi connectivity index (χ0) is 23.8. The van der Waals surface area contributed by atoms with E-state index in [1.165, 1.54) is 19.2 Å². The number of esters is 2. The van der Waals surface area contributed by atoms with Gasteiger partial charge in [-0.1, -0.05) is 18.2 Å². The van der Waals surface area contributed by atoms with E-state index in [0.717, 1.165) is 22.2 Å². The van der Waals surface area contributed by atoms with Crippen LogP contribution in [-0.4, -0.2) is 58.8 Å². The summed E-state index contributed by atoms with van der Waals surface area (Å²) in [7, 11) is 2.50. The zero-order valence-corrected chi connectivity index (χ0v) is 20.2. The monoisotopic (exact) mass is 491 g/mol. The fourth-order valence-electron chi connectivity index (χ4n) is 3.95. The minimum atomic E-state index is -1.56. The highest BCUT2D eigenvalue weighted by atomic mass is 32.2. The molecule has 4 atom stereocenters. The Morgan fingerprint density at radius 1 is 1.18 bits per heavy atom. The van der Waals surface area contributed by atoms with Gasteiger partial charge in [-0.25, -0.2) is 9.79 Å². The number of hydrogen-bond donors (Lipinski definition) is 3. The maximum atomic E-state index is 13.1. The molecule has 0 aliphatic carbocycles. The largest absolute Gasteiger partial charge is 0.469 e. The van der Waals surface area contributed by atoms with Crippen LogP contribution in [0.15, 0.2) is 45.8 Å². The van der Waals surface area contributed by atoms with Gasteiger partial charge in [0.2, 0.25) is 10.8 Å². The molecule has 33 heavy (non-hydrogen) atoms. The number of nitrogens with zero attached hydrogens (tertiary/aromatic N) is 2. The Morgan fingerprint density at radius 2 is 1.91 bits per heavy atom. The summed E-state index contributed by atoms with van der Waals surface area (Å²) >= 11 is 2.61. The third kappa shape index (κ3) is 4.35. The molecule has 3 aliphatic heterocycles. The molecule has 2 saturated heterocycles. The van der Waals surface area contributed by atoms with Crippen molar-refractivity contribution in [3.05, 3.63) is 40.8 Å². The number of nitrogens with one attached hydrogen (secondary N) is 3. The number of fused-ring (bicyclic) bond motifs is 1. The van der Waals surface area contributed by atoms with Crippen LogP contribution in [0.2, 0.25) is 0 Å². The fourth-order valence-corrected chi connectivity index (χ4v) is 6.52. The number of methoxy groups -OCH3 is 2. The smallest absolute Gasteiger partial charge is 0.339 e. The normalized spacial score (nSPS) is 30.6. The number of thioether (sulfide) groups is 2. The van der Waals surface area contributed by atoms with Crippen molar-refractivity contribution in [2.75, 3.05) is 14.2 Å². The molecule has 2 fully saturated rings. The van der Waals surface area contributed by atoms with Crippen molar-refractivity contribution >= 4 is 52.2 Å². The number of amidine groups is 1. The first kappa shape index (κ1) is 23.6. The maximum absolute atomic E-state index is 13.1. The van der Waals surface area contributed by atoms with E-state index in [-0.39, 0.29) is 23.6 Å². The van der Waals surface area contributed by atoms with E-state index in [0.29, 0.717) is 10.9 Å². The quantitative estimate of drug-likeness (QED) is 0.524. The van der Waals surface area contributed by atoms with E-state index < -0.39 is 23.1 Å². The number of carbonyl (C=O) groups excluding carboxylic acids is 3. The Morgan fingerprint density at radius 3 is 2.58 bits per heavy atom. The van der Waals surface area contributed by atoms with Crippen molar-refractivity contribution in [3.8, 4) is 0 Å². The maximum Gasteiger partial charge on any atom is 0.339 e. The molecule has 1 aromatic rings. The first-order chi connectivity index (χ1) is 15.8. The van der Waals surface area contributed by atoms with Gasteiger partial charge in [-0.2, -0.15) is 5.01 Å². The summed E-state index contributed by atoms with van der Waals surface area (Å²) in [6.45, 7) is 3.92. The van der Waals surface area contributed by atoms with Crippen LogP contribution in [0.1, 0.15) is 20.3 Å². The summed E-state index contributed by atoms with van der Waals surface area (Å²) in [5.41, 5.74) is 4.78. The summed E-state index contributed by atoms with van der Waals surface area (Å²) in [6.07, 6.45) is -1.14. The number of amides is 1. The number of aliphatic imine (C=N–C) groups is 1. The minimum Gasteiger partial charge on any atom is -0.469 e. The number of benzene rings is 1. The number of carbonyl (C=O) groups is 3. The minimum absolute atomic E-state index is 0.164. The lowest BCUT2D eigenvalue weighted by Crippen LogP contribution is -2.72. The number of rotatable bonds is 5. The molecule has 0 saturated carbocycles. The van der Waals surface area contributed by atoms with Crippen molar-refractivity contribution in [2.24, 2.45) is 10.9 Å². The molecule has 10 nitrogen and oxygen atoms in total. The molecule has 12 heteroatoms. The molecule has 0 aromatic heterocycles. The highest BCUT2D eigenvalue weighted by molar-refractivity contribution is 8.15. The van der Waals surface area contributed by atoms with Gasteiger partial charge in [0.1, 0.15) is 0 Å². The third-order valence-electron chi connectivity index (χ3n) is 5.74. The highest BCUT2D eigenvalue weighted by Gasteiger charge is 2.59. The van der Waals surface area contributed by atoms with Crippen molar-refractivity contribution in [2.45, 2.75) is 36.8 Å². The fraction of sp³-hybridized carbons (Fsp3) is 0.429. The van der Waals surface area contributed by atoms with Crippen LogP contribution in [0.4, 0.5) is 5.69 Å². The lowest BCUT2D eigenvalue weighted by atomic mass is 9.97. The lowest BCUT2D eigenvalue weighted by Gasteiger charge is -2.43. The molecule has 3 N–H and O–H groups in total. The average molecular weight is 492 g/mol. The van der Waals surface area contributed by atoms with Crippen molar-refractivity contribution < 1.29 is 23.9 Å². The predicted molar refractivity (Wildman–Crippen MR) is 126 cm³/mol. The van der Waals surface area contributed by atoms with Crippen LogP contribution >= 0.6 is 23.5 Å². The molecule has 3 aliphatic rings. The Kier molecular flexibility index (Phi) is 6.71. The Bertz CT molecular complexity index is 1030. The number of hydrazine groups is 1. The molecular weight excluding hydrogens is 466 g/mol. The summed E-state index contributed by atoms with van der Waals surface area (Å²) in [6, 6.07) is 9.19. The number of hydrogen-bond acceptors (Lipinski definition) is 10. The van der Waals surface area contributed by atoms with Crippen LogP contribution in [0.3, 0.4) is 0 Å². The summed E-state index contributed by atoms with van der Waals surface area (Å²) in [5.74, 6) is -1.76. The molecule has 0 radical (unpaired) electrons. The third-order valence-corrected chi connectivity index (χ3v) is 8.30. The van der Waals surface area contributed by atoms with Crippen molar-refractivity contribution in [1.29, 1.82) is 0 Å². The second-order valence-electron chi connectivity index (χ2n) is 7.70. The number of allylic oxidation sites excluding steroid dienone is 1. The van der Waals surface area contributed by atoms with E-state index in [1.807, 2.05) is 44.2 Å².